The maximum absolute atomic E-state index is 13.0. The lowest BCUT2D eigenvalue weighted by Gasteiger charge is -2.12. The molecule has 0 radical (unpaired) electrons. The van der Waals surface area contributed by atoms with Crippen LogP contribution in [0.2, 0.25) is 0 Å². The van der Waals surface area contributed by atoms with E-state index in [4.69, 9.17) is 0 Å². The Balaban J connectivity index is 1.70. The first-order valence-corrected chi connectivity index (χ1v) is 9.36. The van der Waals surface area contributed by atoms with Crippen LogP contribution in [0.3, 0.4) is 0 Å². The van der Waals surface area contributed by atoms with Gasteiger partial charge in [0.1, 0.15) is 5.82 Å². The van der Waals surface area contributed by atoms with Crippen molar-refractivity contribution in [3.8, 4) is 5.69 Å². The highest BCUT2D eigenvalue weighted by molar-refractivity contribution is 6.04. The van der Waals surface area contributed by atoms with Gasteiger partial charge in [-0.1, -0.05) is 12.1 Å². The van der Waals surface area contributed by atoms with E-state index in [1.807, 2.05) is 0 Å². The third-order valence-electron chi connectivity index (χ3n) is 4.84. The number of carbonyl (C=O) groups is 1. The van der Waals surface area contributed by atoms with Crippen LogP contribution in [-0.2, 0) is 0 Å². The zero-order valence-electron chi connectivity index (χ0n) is 16.7. The minimum absolute atomic E-state index is 0.126. The number of rotatable bonds is 4. The Morgan fingerprint density at radius 3 is 2.68 bits per heavy atom. The summed E-state index contributed by atoms with van der Waals surface area (Å²) in [5.41, 5.74) is 1.56. The molecule has 0 saturated heterocycles. The Morgan fingerprint density at radius 2 is 1.90 bits per heavy atom. The number of benzene rings is 2. The summed E-state index contributed by atoms with van der Waals surface area (Å²) in [6, 6.07) is 14.3. The lowest BCUT2D eigenvalue weighted by atomic mass is 10.1. The van der Waals surface area contributed by atoms with Crippen molar-refractivity contribution in [1.29, 1.82) is 0 Å². The molecule has 9 heteroatoms. The maximum Gasteiger partial charge on any atom is 0.273 e. The van der Waals surface area contributed by atoms with Crippen LogP contribution in [-0.4, -0.2) is 25.4 Å². The zero-order chi connectivity index (χ0) is 22.1. The van der Waals surface area contributed by atoms with Gasteiger partial charge in [0, 0.05) is 29.1 Å². The number of aryl methyl sites for hydroxylation is 2. The van der Waals surface area contributed by atoms with Crippen LogP contribution < -0.4 is 10.9 Å². The summed E-state index contributed by atoms with van der Waals surface area (Å²) in [4.78, 5) is 44.7. The fourth-order valence-corrected chi connectivity index (χ4v) is 3.30. The van der Waals surface area contributed by atoms with Gasteiger partial charge < -0.3 is 5.32 Å². The maximum atomic E-state index is 13.0. The summed E-state index contributed by atoms with van der Waals surface area (Å²) >= 11 is 0. The van der Waals surface area contributed by atoms with Crippen molar-refractivity contribution < 1.29 is 9.72 Å². The number of hydrogen-bond acceptors (Lipinski definition) is 6. The first-order chi connectivity index (χ1) is 14.8. The van der Waals surface area contributed by atoms with Gasteiger partial charge in [-0.15, -0.1) is 0 Å². The van der Waals surface area contributed by atoms with Crippen LogP contribution in [0.5, 0.6) is 0 Å². The molecular weight excluding hydrogens is 398 g/mol. The molecule has 0 fully saturated rings. The van der Waals surface area contributed by atoms with Gasteiger partial charge >= 0.3 is 0 Å². The number of hydrogen-bond donors (Lipinski definition) is 1. The van der Waals surface area contributed by atoms with Crippen molar-refractivity contribution in [3.05, 3.63) is 98.2 Å². The van der Waals surface area contributed by atoms with E-state index in [0.717, 1.165) is 0 Å². The quantitative estimate of drug-likeness (QED) is 0.402. The van der Waals surface area contributed by atoms with Gasteiger partial charge in [-0.05, 0) is 50.2 Å². The second-order valence-electron chi connectivity index (χ2n) is 6.94. The number of amides is 1. The van der Waals surface area contributed by atoms with Crippen molar-refractivity contribution >= 4 is 28.3 Å². The first kappa shape index (κ1) is 19.9. The highest BCUT2D eigenvalue weighted by atomic mass is 16.6. The standard InChI is InChI=1S/C22H17N5O4/c1-13-8-9-15(11-19(13)27(30)31)21(28)25-16-5-3-6-17(12-16)26-14(2)24-20-18(22(26)29)7-4-10-23-20/h3-12H,1-2H3,(H,25,28). The molecule has 9 nitrogen and oxygen atoms in total. The largest absolute Gasteiger partial charge is 0.322 e. The van der Waals surface area contributed by atoms with Crippen molar-refractivity contribution in [2.45, 2.75) is 13.8 Å². The number of fused-ring (bicyclic) bond motifs is 1. The van der Waals surface area contributed by atoms with Gasteiger partial charge in [-0.2, -0.15) is 0 Å². The Labute approximate surface area is 176 Å². The molecule has 0 bridgehead atoms. The number of nitro groups is 1. The van der Waals surface area contributed by atoms with Crippen LogP contribution in [0.25, 0.3) is 16.7 Å². The van der Waals surface area contributed by atoms with Gasteiger partial charge in [0.25, 0.3) is 17.2 Å². The molecule has 2 aromatic heterocycles. The van der Waals surface area contributed by atoms with E-state index in [1.165, 1.54) is 22.8 Å². The van der Waals surface area contributed by atoms with Gasteiger partial charge in [0.2, 0.25) is 0 Å². The molecule has 0 aliphatic heterocycles. The Kier molecular flexibility index (Phi) is 5.00. The molecule has 4 aromatic rings. The number of nitro benzene ring substituents is 1. The van der Waals surface area contributed by atoms with Gasteiger partial charge in [-0.25, -0.2) is 9.97 Å². The topological polar surface area (TPSA) is 120 Å². The molecule has 0 unspecified atom stereocenters. The molecule has 31 heavy (non-hydrogen) atoms. The van der Waals surface area contributed by atoms with E-state index in [-0.39, 0.29) is 16.8 Å². The summed E-state index contributed by atoms with van der Waals surface area (Å²) in [6.45, 7) is 3.31. The van der Waals surface area contributed by atoms with Gasteiger partial charge in [0.15, 0.2) is 5.65 Å². The second kappa shape index (κ2) is 7.79. The third kappa shape index (κ3) is 3.76. The van der Waals surface area contributed by atoms with Crippen LogP contribution in [0.1, 0.15) is 21.7 Å². The smallest absolute Gasteiger partial charge is 0.273 e. The molecule has 2 heterocycles. The molecule has 0 aliphatic carbocycles. The molecule has 0 saturated carbocycles. The zero-order valence-corrected chi connectivity index (χ0v) is 16.7. The molecule has 4 rings (SSSR count). The number of nitrogens with zero attached hydrogens (tertiary/aromatic N) is 4. The third-order valence-corrected chi connectivity index (χ3v) is 4.84. The number of anilines is 1. The molecule has 0 spiro atoms. The highest BCUT2D eigenvalue weighted by Crippen LogP contribution is 2.21. The van der Waals surface area contributed by atoms with Crippen molar-refractivity contribution in [1.82, 2.24) is 14.5 Å². The Morgan fingerprint density at radius 1 is 1.10 bits per heavy atom. The predicted molar refractivity (Wildman–Crippen MR) is 116 cm³/mol. The van der Waals surface area contributed by atoms with E-state index < -0.39 is 10.8 Å². The molecule has 1 N–H and O–H groups in total. The summed E-state index contributed by atoms with van der Waals surface area (Å²) in [7, 11) is 0. The Bertz CT molecular complexity index is 1410. The van der Waals surface area contributed by atoms with Crippen LogP contribution in [0, 0.1) is 24.0 Å². The molecule has 0 atom stereocenters. The lowest BCUT2D eigenvalue weighted by molar-refractivity contribution is -0.385. The van der Waals surface area contributed by atoms with Crippen LogP contribution >= 0.6 is 0 Å². The summed E-state index contributed by atoms with van der Waals surface area (Å²) in [5.74, 6) is -0.0426. The Hall–Kier alpha value is -4.40. The predicted octanol–water partition coefficient (Wildman–Crippen LogP) is 3.56. The second-order valence-corrected chi connectivity index (χ2v) is 6.94. The highest BCUT2D eigenvalue weighted by Gasteiger charge is 2.16. The normalized spacial score (nSPS) is 10.8. The van der Waals surface area contributed by atoms with E-state index in [0.29, 0.717) is 33.8 Å². The minimum Gasteiger partial charge on any atom is -0.322 e. The minimum atomic E-state index is -0.524. The van der Waals surface area contributed by atoms with Crippen molar-refractivity contribution in [3.63, 3.8) is 0 Å². The number of aromatic nitrogens is 3. The van der Waals surface area contributed by atoms with Crippen LogP contribution in [0.15, 0.2) is 65.6 Å². The average molecular weight is 415 g/mol. The summed E-state index contributed by atoms with van der Waals surface area (Å²) < 4.78 is 1.44. The van der Waals surface area contributed by atoms with E-state index in [1.54, 1.807) is 56.4 Å². The number of pyridine rings is 1. The molecular formula is C22H17N5O4. The fraction of sp³-hybridized carbons (Fsp3) is 0.0909. The van der Waals surface area contributed by atoms with E-state index in [2.05, 4.69) is 15.3 Å². The van der Waals surface area contributed by atoms with Crippen molar-refractivity contribution in [2.75, 3.05) is 5.32 Å². The average Bonchev–Trinajstić information content (AvgIpc) is 2.74. The van der Waals surface area contributed by atoms with Crippen LogP contribution in [0.4, 0.5) is 11.4 Å². The number of nitrogens with one attached hydrogen (secondary N) is 1. The summed E-state index contributed by atoms with van der Waals surface area (Å²) in [5, 5.41) is 14.2. The molecule has 2 aromatic carbocycles. The van der Waals surface area contributed by atoms with E-state index in [9.17, 15) is 19.7 Å². The monoisotopic (exact) mass is 415 g/mol. The van der Waals surface area contributed by atoms with Gasteiger partial charge in [-0.3, -0.25) is 24.3 Å². The molecule has 154 valence electrons. The SMILES string of the molecule is Cc1ccc(C(=O)Nc2cccc(-n3c(C)nc4ncccc4c3=O)c2)cc1[N+](=O)[O-]. The van der Waals surface area contributed by atoms with Crippen molar-refractivity contribution in [2.24, 2.45) is 0 Å². The van der Waals surface area contributed by atoms with E-state index >= 15 is 0 Å². The number of carbonyl (C=O) groups excluding carboxylic acids is 1. The first-order valence-electron chi connectivity index (χ1n) is 9.36. The van der Waals surface area contributed by atoms with Gasteiger partial charge in [0.05, 0.1) is 16.0 Å². The lowest BCUT2D eigenvalue weighted by Crippen LogP contribution is -2.22. The summed E-state index contributed by atoms with van der Waals surface area (Å²) in [6.07, 6.45) is 1.57. The molecule has 1 amide bonds. The molecule has 0 aliphatic rings. The fourth-order valence-electron chi connectivity index (χ4n) is 3.30.